The molecule has 0 radical (unpaired) electrons. The van der Waals surface area contributed by atoms with Crippen molar-refractivity contribution < 1.29 is 0 Å². The maximum atomic E-state index is 12.8. The molecule has 0 bridgehead atoms. The van der Waals surface area contributed by atoms with Gasteiger partial charge in [-0.2, -0.15) is 0 Å². The number of hydrogen-bond donors (Lipinski definition) is 0. The van der Waals surface area contributed by atoms with Gasteiger partial charge in [0.2, 0.25) is 0 Å². The molecule has 0 spiro atoms. The van der Waals surface area contributed by atoms with Crippen LogP contribution < -0.4 is 16.1 Å². The van der Waals surface area contributed by atoms with Gasteiger partial charge < -0.3 is 4.90 Å². The summed E-state index contributed by atoms with van der Waals surface area (Å²) in [5, 5.41) is 0.579. The second-order valence-electron chi connectivity index (χ2n) is 6.29. The summed E-state index contributed by atoms with van der Waals surface area (Å²) in [6, 6.07) is 0. The highest BCUT2D eigenvalue weighted by Crippen LogP contribution is 2.29. The predicted molar refractivity (Wildman–Crippen MR) is 92.3 cm³/mol. The van der Waals surface area contributed by atoms with Crippen molar-refractivity contribution in [2.45, 2.75) is 39.0 Å². The molecule has 0 unspecified atom stereocenters. The lowest BCUT2D eigenvalue weighted by atomic mass is 10.1. The molecular formula is C17H24N4O2. The number of aryl methyl sites for hydroxylation is 2. The summed E-state index contributed by atoms with van der Waals surface area (Å²) in [4.78, 5) is 31.7. The van der Waals surface area contributed by atoms with E-state index in [1.54, 1.807) is 7.05 Å². The smallest absolute Gasteiger partial charge is 0.332 e. The molecule has 6 nitrogen and oxygen atoms in total. The van der Waals surface area contributed by atoms with Gasteiger partial charge in [-0.05, 0) is 24.8 Å². The molecule has 1 aliphatic heterocycles. The first-order valence-corrected chi connectivity index (χ1v) is 8.38. The quantitative estimate of drug-likeness (QED) is 0.844. The normalized spacial score (nSPS) is 15.9. The van der Waals surface area contributed by atoms with Gasteiger partial charge in [0, 0.05) is 33.4 Å². The molecule has 0 atom stereocenters. The molecule has 1 aliphatic rings. The van der Waals surface area contributed by atoms with E-state index in [2.05, 4.69) is 16.8 Å². The second kappa shape index (κ2) is 6.18. The fourth-order valence-corrected chi connectivity index (χ4v) is 3.47. The van der Waals surface area contributed by atoms with Crippen LogP contribution in [0.2, 0.25) is 0 Å². The van der Waals surface area contributed by atoms with Crippen LogP contribution in [0.25, 0.3) is 11.0 Å². The van der Waals surface area contributed by atoms with Crippen LogP contribution in [0.1, 0.15) is 38.2 Å². The zero-order chi connectivity index (χ0) is 16.6. The largest absolute Gasteiger partial charge is 0.371 e. The van der Waals surface area contributed by atoms with Gasteiger partial charge in [0.1, 0.15) is 5.39 Å². The van der Waals surface area contributed by atoms with Crippen molar-refractivity contribution in [2.75, 3.05) is 18.0 Å². The lowest BCUT2D eigenvalue weighted by Gasteiger charge is -2.26. The van der Waals surface area contributed by atoms with Gasteiger partial charge in [0.25, 0.3) is 5.56 Å². The summed E-state index contributed by atoms with van der Waals surface area (Å²) in [6.07, 6.45) is 7.38. The third-order valence-electron chi connectivity index (χ3n) is 4.82. The van der Waals surface area contributed by atoms with E-state index in [4.69, 9.17) is 0 Å². The second-order valence-corrected chi connectivity index (χ2v) is 6.29. The molecule has 3 heterocycles. The fourth-order valence-electron chi connectivity index (χ4n) is 3.47. The van der Waals surface area contributed by atoms with Gasteiger partial charge in [-0.1, -0.05) is 19.8 Å². The Labute approximate surface area is 135 Å². The van der Waals surface area contributed by atoms with Crippen molar-refractivity contribution >= 4 is 16.7 Å². The highest BCUT2D eigenvalue weighted by atomic mass is 16.2. The lowest BCUT2D eigenvalue weighted by Crippen LogP contribution is -2.38. The van der Waals surface area contributed by atoms with Crippen LogP contribution >= 0.6 is 0 Å². The zero-order valence-corrected chi connectivity index (χ0v) is 14.1. The van der Waals surface area contributed by atoms with Crippen LogP contribution in [0.3, 0.4) is 0 Å². The van der Waals surface area contributed by atoms with E-state index >= 15 is 0 Å². The Bertz CT molecular complexity index is 842. The number of fused-ring (bicyclic) bond motifs is 1. The van der Waals surface area contributed by atoms with Crippen molar-refractivity contribution in [3.05, 3.63) is 32.6 Å². The van der Waals surface area contributed by atoms with Crippen LogP contribution in [0.5, 0.6) is 0 Å². The Morgan fingerprint density at radius 1 is 1.04 bits per heavy atom. The van der Waals surface area contributed by atoms with Crippen molar-refractivity contribution in [1.29, 1.82) is 0 Å². The lowest BCUT2D eigenvalue weighted by molar-refractivity contribution is 0.705. The van der Waals surface area contributed by atoms with Crippen molar-refractivity contribution in [2.24, 2.45) is 14.1 Å². The Hall–Kier alpha value is -2.11. The molecule has 0 N–H and O–H groups in total. The molecule has 0 amide bonds. The SMILES string of the molecule is CCc1cnc2c(c1N1CCCCCC1)c(=O)n(C)c(=O)n2C. The maximum Gasteiger partial charge on any atom is 0.332 e. The zero-order valence-electron chi connectivity index (χ0n) is 14.1. The molecule has 23 heavy (non-hydrogen) atoms. The van der Waals surface area contributed by atoms with E-state index in [-0.39, 0.29) is 11.2 Å². The summed E-state index contributed by atoms with van der Waals surface area (Å²) in [6.45, 7) is 3.99. The number of rotatable bonds is 2. The first-order chi connectivity index (χ1) is 11.1. The highest BCUT2D eigenvalue weighted by molar-refractivity contribution is 5.90. The van der Waals surface area contributed by atoms with Crippen molar-refractivity contribution in [3.63, 3.8) is 0 Å². The number of nitrogens with zero attached hydrogens (tertiary/aromatic N) is 4. The summed E-state index contributed by atoms with van der Waals surface area (Å²) < 4.78 is 2.66. The van der Waals surface area contributed by atoms with Gasteiger partial charge in [-0.15, -0.1) is 0 Å². The number of aromatic nitrogens is 3. The molecule has 0 aliphatic carbocycles. The number of hydrogen-bond acceptors (Lipinski definition) is 4. The minimum Gasteiger partial charge on any atom is -0.371 e. The molecule has 2 aromatic heterocycles. The van der Waals surface area contributed by atoms with Gasteiger partial charge in [0.05, 0.1) is 5.69 Å². The molecule has 6 heteroatoms. The molecule has 0 aromatic carbocycles. The molecule has 2 aromatic rings. The first kappa shape index (κ1) is 15.8. The average Bonchev–Trinajstić information content (AvgIpc) is 2.85. The summed E-state index contributed by atoms with van der Waals surface area (Å²) in [5.74, 6) is 0. The van der Waals surface area contributed by atoms with E-state index in [1.807, 2.05) is 6.20 Å². The first-order valence-electron chi connectivity index (χ1n) is 8.38. The van der Waals surface area contributed by atoms with Crippen LogP contribution in [0.4, 0.5) is 5.69 Å². The van der Waals surface area contributed by atoms with Gasteiger partial charge in [-0.25, -0.2) is 9.78 Å². The number of pyridine rings is 1. The molecule has 3 rings (SSSR count). The van der Waals surface area contributed by atoms with Crippen LogP contribution in [-0.4, -0.2) is 27.2 Å². The average molecular weight is 316 g/mol. The van der Waals surface area contributed by atoms with Crippen molar-refractivity contribution in [1.82, 2.24) is 14.1 Å². The van der Waals surface area contributed by atoms with Crippen LogP contribution in [0.15, 0.2) is 15.8 Å². The van der Waals surface area contributed by atoms with Crippen LogP contribution in [-0.2, 0) is 20.5 Å². The molecule has 124 valence electrons. The predicted octanol–water partition coefficient (Wildman–Crippen LogP) is 1.57. The Morgan fingerprint density at radius 2 is 1.70 bits per heavy atom. The third-order valence-corrected chi connectivity index (χ3v) is 4.82. The van der Waals surface area contributed by atoms with Crippen LogP contribution in [0, 0.1) is 0 Å². The van der Waals surface area contributed by atoms with E-state index < -0.39 is 0 Å². The Kier molecular flexibility index (Phi) is 4.24. The van der Waals surface area contributed by atoms with Gasteiger partial charge >= 0.3 is 5.69 Å². The summed E-state index contributed by atoms with van der Waals surface area (Å²) >= 11 is 0. The minimum atomic E-state index is -0.332. The van der Waals surface area contributed by atoms with E-state index in [1.165, 1.54) is 29.0 Å². The molecular weight excluding hydrogens is 292 g/mol. The molecule has 1 fully saturated rings. The van der Waals surface area contributed by atoms with Gasteiger partial charge in [0.15, 0.2) is 5.65 Å². The Balaban J connectivity index is 2.37. The third kappa shape index (κ3) is 2.56. The van der Waals surface area contributed by atoms with Crippen molar-refractivity contribution in [3.8, 4) is 0 Å². The fraction of sp³-hybridized carbons (Fsp3) is 0.588. The molecule has 0 saturated carbocycles. The topological polar surface area (TPSA) is 60.1 Å². The number of anilines is 1. The maximum absolute atomic E-state index is 12.8. The summed E-state index contributed by atoms with van der Waals surface area (Å²) in [7, 11) is 3.21. The standard InChI is InChI=1S/C17H24N4O2/c1-4-12-11-18-15-13(16(22)20(3)17(23)19(15)2)14(12)21-9-7-5-6-8-10-21/h11H,4-10H2,1-3H3. The Morgan fingerprint density at radius 3 is 2.30 bits per heavy atom. The highest BCUT2D eigenvalue weighted by Gasteiger charge is 2.21. The van der Waals surface area contributed by atoms with E-state index in [9.17, 15) is 9.59 Å². The minimum absolute atomic E-state index is 0.245. The van der Waals surface area contributed by atoms with E-state index in [0.717, 1.165) is 43.6 Å². The van der Waals surface area contributed by atoms with E-state index in [0.29, 0.717) is 11.0 Å². The molecule has 1 saturated heterocycles. The monoisotopic (exact) mass is 316 g/mol. The summed E-state index contributed by atoms with van der Waals surface area (Å²) in [5.41, 5.74) is 1.96. The van der Waals surface area contributed by atoms with Gasteiger partial charge in [-0.3, -0.25) is 13.9 Å².